The molecule has 0 aromatic heterocycles. The minimum atomic E-state index is 0. The van der Waals surface area contributed by atoms with E-state index in [9.17, 15) is 4.79 Å². The van der Waals surface area contributed by atoms with Crippen LogP contribution in [0, 0.1) is 0 Å². The van der Waals surface area contributed by atoms with Crippen molar-refractivity contribution < 1.29 is 14.3 Å². The Kier molecular flexibility index (Phi) is 12.6. The van der Waals surface area contributed by atoms with Gasteiger partial charge in [-0.05, 0) is 32.4 Å². The Morgan fingerprint density at radius 1 is 1.27 bits per heavy atom. The first kappa shape index (κ1) is 24.3. The summed E-state index contributed by atoms with van der Waals surface area (Å²) in [6, 6.07) is 5.77. The Balaban J connectivity index is 0.00000625. The predicted octanol–water partition coefficient (Wildman–Crippen LogP) is 3.00. The molecule has 0 spiro atoms. The van der Waals surface area contributed by atoms with Gasteiger partial charge in [0.15, 0.2) is 17.5 Å². The molecule has 0 radical (unpaired) electrons. The molecule has 1 unspecified atom stereocenters. The summed E-state index contributed by atoms with van der Waals surface area (Å²) in [5.74, 6) is 1.96. The number of hydrogen-bond acceptors (Lipinski definition) is 4. The van der Waals surface area contributed by atoms with Crippen molar-refractivity contribution in [2.24, 2.45) is 4.99 Å². The Hall–Kier alpha value is -1.71. The zero-order valence-corrected chi connectivity index (χ0v) is 18.5. The van der Waals surface area contributed by atoms with Gasteiger partial charge in [-0.25, -0.2) is 0 Å². The summed E-state index contributed by atoms with van der Waals surface area (Å²) in [7, 11) is 3.28. The number of amides is 1. The summed E-state index contributed by atoms with van der Waals surface area (Å²) in [5, 5.41) is 9.23. The van der Waals surface area contributed by atoms with Crippen LogP contribution in [0.3, 0.4) is 0 Å². The van der Waals surface area contributed by atoms with Crippen LogP contribution in [0.4, 0.5) is 5.69 Å². The summed E-state index contributed by atoms with van der Waals surface area (Å²) >= 11 is 0. The van der Waals surface area contributed by atoms with Crippen molar-refractivity contribution in [1.82, 2.24) is 10.6 Å². The summed E-state index contributed by atoms with van der Waals surface area (Å²) in [6.07, 6.45) is 1.31. The highest BCUT2D eigenvalue weighted by Gasteiger charge is 2.08. The molecule has 1 amide bonds. The van der Waals surface area contributed by atoms with Gasteiger partial charge in [-0.2, -0.15) is 0 Å². The average molecular weight is 478 g/mol. The molecular weight excluding hydrogens is 447 g/mol. The average Bonchev–Trinajstić information content (AvgIpc) is 2.61. The third kappa shape index (κ3) is 8.59. The van der Waals surface area contributed by atoms with Gasteiger partial charge < -0.3 is 25.4 Å². The largest absolute Gasteiger partial charge is 0.493 e. The summed E-state index contributed by atoms with van der Waals surface area (Å²) in [5.41, 5.74) is 0.817. The van der Waals surface area contributed by atoms with Gasteiger partial charge in [0.1, 0.15) is 0 Å². The Bertz CT molecular complexity index is 582. The van der Waals surface area contributed by atoms with Crippen LogP contribution in [-0.2, 0) is 4.79 Å². The Labute approximate surface area is 173 Å². The first-order valence-corrected chi connectivity index (χ1v) is 8.61. The normalized spacial score (nSPS) is 11.8. The highest BCUT2D eigenvalue weighted by Crippen LogP contribution is 2.30. The predicted molar refractivity (Wildman–Crippen MR) is 117 cm³/mol. The van der Waals surface area contributed by atoms with E-state index in [4.69, 9.17) is 9.47 Å². The van der Waals surface area contributed by atoms with Crippen LogP contribution in [0.2, 0.25) is 0 Å². The monoisotopic (exact) mass is 478 g/mol. The molecule has 1 rings (SSSR count). The lowest BCUT2D eigenvalue weighted by Gasteiger charge is -2.15. The van der Waals surface area contributed by atoms with Crippen molar-refractivity contribution >= 4 is 41.5 Å². The van der Waals surface area contributed by atoms with Gasteiger partial charge in [0, 0.05) is 37.8 Å². The van der Waals surface area contributed by atoms with Crippen LogP contribution in [-0.4, -0.2) is 45.2 Å². The van der Waals surface area contributed by atoms with Crippen molar-refractivity contribution in [2.45, 2.75) is 39.7 Å². The number of aliphatic imine (C=N–C) groups is 1. The molecule has 26 heavy (non-hydrogen) atoms. The first-order chi connectivity index (χ1) is 12.0. The molecule has 0 saturated carbocycles. The third-order valence-electron chi connectivity index (χ3n) is 3.61. The molecule has 0 bridgehead atoms. The molecule has 148 valence electrons. The van der Waals surface area contributed by atoms with E-state index in [1.165, 1.54) is 0 Å². The lowest BCUT2D eigenvalue weighted by atomic mass is 10.2. The molecule has 1 atom stereocenters. The van der Waals surface area contributed by atoms with Gasteiger partial charge >= 0.3 is 0 Å². The number of ether oxygens (including phenoxy) is 2. The van der Waals surface area contributed by atoms with Crippen molar-refractivity contribution in [3.8, 4) is 11.5 Å². The maximum atomic E-state index is 11.8. The highest BCUT2D eigenvalue weighted by atomic mass is 127. The molecule has 1 aromatic rings. The van der Waals surface area contributed by atoms with E-state index < -0.39 is 0 Å². The minimum Gasteiger partial charge on any atom is -0.493 e. The molecule has 8 heteroatoms. The smallest absolute Gasteiger partial charge is 0.221 e. The fourth-order valence-corrected chi connectivity index (χ4v) is 2.08. The van der Waals surface area contributed by atoms with Crippen molar-refractivity contribution in [3.63, 3.8) is 0 Å². The van der Waals surface area contributed by atoms with Crippen LogP contribution in [0.1, 0.15) is 33.6 Å². The topological polar surface area (TPSA) is 84.0 Å². The van der Waals surface area contributed by atoms with Crippen molar-refractivity contribution in [2.75, 3.05) is 32.6 Å². The lowest BCUT2D eigenvalue weighted by molar-refractivity contribution is -0.121. The minimum absolute atomic E-state index is 0. The summed E-state index contributed by atoms with van der Waals surface area (Å²) in [4.78, 5) is 15.9. The van der Waals surface area contributed by atoms with Gasteiger partial charge in [0.25, 0.3) is 0 Å². The number of carbonyl (C=O) groups is 1. The lowest BCUT2D eigenvalue weighted by Crippen LogP contribution is -2.37. The van der Waals surface area contributed by atoms with E-state index in [1.54, 1.807) is 14.2 Å². The van der Waals surface area contributed by atoms with Crippen LogP contribution >= 0.6 is 24.0 Å². The molecule has 0 aliphatic heterocycles. The number of methoxy groups -OCH3 is 1. The number of carbonyl (C=O) groups excluding carboxylic acids is 1. The Morgan fingerprint density at radius 2 is 2.00 bits per heavy atom. The maximum absolute atomic E-state index is 11.8. The molecular formula is C18H31IN4O3. The molecule has 0 saturated heterocycles. The molecule has 7 nitrogen and oxygen atoms in total. The van der Waals surface area contributed by atoms with Gasteiger partial charge in [-0.3, -0.25) is 9.79 Å². The van der Waals surface area contributed by atoms with Gasteiger partial charge in [-0.15, -0.1) is 24.0 Å². The Morgan fingerprint density at radius 3 is 2.58 bits per heavy atom. The van der Waals surface area contributed by atoms with E-state index in [0.717, 1.165) is 12.1 Å². The number of halogens is 1. The summed E-state index contributed by atoms with van der Waals surface area (Å²) < 4.78 is 10.8. The molecule has 0 fully saturated rings. The maximum Gasteiger partial charge on any atom is 0.221 e. The van der Waals surface area contributed by atoms with E-state index in [0.29, 0.717) is 37.0 Å². The number of nitrogens with zero attached hydrogens (tertiary/aromatic N) is 1. The zero-order chi connectivity index (χ0) is 18.7. The second-order valence-electron chi connectivity index (χ2n) is 5.55. The highest BCUT2D eigenvalue weighted by molar-refractivity contribution is 14.0. The van der Waals surface area contributed by atoms with Crippen molar-refractivity contribution in [3.05, 3.63) is 18.2 Å². The van der Waals surface area contributed by atoms with E-state index in [-0.39, 0.29) is 35.9 Å². The van der Waals surface area contributed by atoms with Gasteiger partial charge in [-0.1, -0.05) is 6.92 Å². The fraction of sp³-hybridized carbons (Fsp3) is 0.556. The molecule has 0 heterocycles. The quantitative estimate of drug-likeness (QED) is 0.289. The van der Waals surface area contributed by atoms with Crippen molar-refractivity contribution in [1.29, 1.82) is 0 Å². The SMILES string of the molecule is CCOc1ccc(NC(=NC)NCCC(=O)NC(C)CC)cc1OC.I. The fourth-order valence-electron chi connectivity index (χ4n) is 2.08. The molecule has 0 aliphatic carbocycles. The van der Waals surface area contributed by atoms with Crippen LogP contribution < -0.4 is 25.4 Å². The second kappa shape index (κ2) is 13.5. The van der Waals surface area contributed by atoms with E-state index in [2.05, 4.69) is 20.9 Å². The van der Waals surface area contributed by atoms with E-state index >= 15 is 0 Å². The molecule has 1 aromatic carbocycles. The molecule has 0 aliphatic rings. The number of benzene rings is 1. The van der Waals surface area contributed by atoms with Crippen LogP contribution in [0.5, 0.6) is 11.5 Å². The number of anilines is 1. The van der Waals surface area contributed by atoms with Gasteiger partial charge in [0.2, 0.25) is 5.91 Å². The summed E-state index contributed by atoms with van der Waals surface area (Å²) in [6.45, 7) is 7.03. The zero-order valence-electron chi connectivity index (χ0n) is 16.2. The van der Waals surface area contributed by atoms with E-state index in [1.807, 2.05) is 39.0 Å². The number of guanidine groups is 1. The molecule has 3 N–H and O–H groups in total. The third-order valence-corrected chi connectivity index (χ3v) is 3.61. The van der Waals surface area contributed by atoms with Gasteiger partial charge in [0.05, 0.1) is 13.7 Å². The second-order valence-corrected chi connectivity index (χ2v) is 5.55. The van der Waals surface area contributed by atoms with Crippen LogP contribution in [0.15, 0.2) is 23.2 Å². The first-order valence-electron chi connectivity index (χ1n) is 8.61. The number of rotatable bonds is 9. The standard InChI is InChI=1S/C18H30N4O3.HI/c1-6-13(3)21-17(23)10-11-20-18(19-4)22-14-8-9-15(25-7-2)16(12-14)24-5;/h8-9,12-13H,6-7,10-11H2,1-5H3,(H,21,23)(H2,19,20,22);1H. The number of nitrogens with one attached hydrogen (secondary N) is 3. The van der Waals surface area contributed by atoms with Crippen LogP contribution in [0.25, 0.3) is 0 Å². The number of hydrogen-bond donors (Lipinski definition) is 3.